The highest BCUT2D eigenvalue weighted by atomic mass is 32.1. The largest absolute Gasteiger partial charge is 0.444 e. The van der Waals surface area contributed by atoms with E-state index in [1.165, 1.54) is 0 Å². The molecule has 1 fully saturated rings. The number of anilines is 3. The molecule has 3 aromatic rings. The maximum absolute atomic E-state index is 13.1. The molecule has 0 radical (unpaired) electrons. The van der Waals surface area contributed by atoms with Crippen molar-refractivity contribution < 1.29 is 14.3 Å². The van der Waals surface area contributed by atoms with Crippen LogP contribution in [0.5, 0.6) is 0 Å². The highest BCUT2D eigenvalue weighted by Gasteiger charge is 2.19. The number of benzene rings is 2. The molecule has 1 saturated heterocycles. The zero-order chi connectivity index (χ0) is 24.8. The molecular formula is C27H32N4O3S. The molecule has 7 nitrogen and oxygen atoms in total. The number of thiophene rings is 1. The number of ether oxygens (including phenoxy) is 1. The molecule has 2 heterocycles. The van der Waals surface area contributed by atoms with Crippen LogP contribution < -0.4 is 21.3 Å². The van der Waals surface area contributed by atoms with E-state index in [4.69, 9.17) is 4.74 Å². The van der Waals surface area contributed by atoms with Gasteiger partial charge in [0.2, 0.25) is 0 Å². The Kier molecular flexibility index (Phi) is 7.73. The van der Waals surface area contributed by atoms with Gasteiger partial charge in [0.15, 0.2) is 0 Å². The molecule has 0 saturated carbocycles. The van der Waals surface area contributed by atoms with Crippen LogP contribution in [-0.4, -0.2) is 36.7 Å². The van der Waals surface area contributed by atoms with Gasteiger partial charge in [-0.15, -0.1) is 11.3 Å². The van der Waals surface area contributed by atoms with Gasteiger partial charge in [0.1, 0.15) is 5.60 Å². The quantitative estimate of drug-likeness (QED) is 0.330. The van der Waals surface area contributed by atoms with Crippen molar-refractivity contribution >= 4 is 40.4 Å². The van der Waals surface area contributed by atoms with Crippen LogP contribution in [0.3, 0.4) is 0 Å². The number of carbonyl (C=O) groups excluding carboxylic acids is 2. The van der Waals surface area contributed by atoms with Crippen molar-refractivity contribution in [3.63, 3.8) is 0 Å². The number of hydrogen-bond acceptors (Lipinski definition) is 6. The van der Waals surface area contributed by atoms with Crippen molar-refractivity contribution in [3.8, 4) is 10.4 Å². The summed E-state index contributed by atoms with van der Waals surface area (Å²) in [6.45, 7) is 7.45. The molecule has 184 valence electrons. The average molecular weight is 493 g/mol. The second-order valence-electron chi connectivity index (χ2n) is 9.56. The highest BCUT2D eigenvalue weighted by Crippen LogP contribution is 2.32. The lowest BCUT2D eigenvalue weighted by Gasteiger charge is -2.24. The molecule has 4 rings (SSSR count). The summed E-state index contributed by atoms with van der Waals surface area (Å²) in [4.78, 5) is 26.6. The van der Waals surface area contributed by atoms with Crippen LogP contribution in [0.25, 0.3) is 10.4 Å². The Balaban J connectivity index is 1.51. The second kappa shape index (κ2) is 10.9. The molecule has 0 atom stereocenters. The molecule has 1 aliphatic rings. The van der Waals surface area contributed by atoms with Crippen molar-refractivity contribution in [1.82, 2.24) is 5.32 Å². The molecule has 1 aromatic heterocycles. The SMILES string of the molecule is CC(C)(C)OC(=O)Nc1ccc(-c2cccs2)cc1NC(=O)c1ccc(NC2CCNCC2)cc1. The Morgan fingerprint density at radius 2 is 1.71 bits per heavy atom. The van der Waals surface area contributed by atoms with Gasteiger partial charge < -0.3 is 20.7 Å². The normalized spacial score (nSPS) is 14.3. The Bertz CT molecular complexity index is 1150. The zero-order valence-electron chi connectivity index (χ0n) is 20.3. The van der Waals surface area contributed by atoms with Crippen LogP contribution in [0.4, 0.5) is 21.9 Å². The van der Waals surface area contributed by atoms with Crippen molar-refractivity contribution in [3.05, 3.63) is 65.5 Å². The van der Waals surface area contributed by atoms with E-state index in [1.807, 2.05) is 53.9 Å². The van der Waals surface area contributed by atoms with Gasteiger partial charge in [0.05, 0.1) is 11.4 Å². The zero-order valence-corrected chi connectivity index (χ0v) is 21.1. The molecule has 0 bridgehead atoms. The summed E-state index contributed by atoms with van der Waals surface area (Å²) >= 11 is 1.61. The number of amides is 2. The molecule has 0 spiro atoms. The van der Waals surface area contributed by atoms with E-state index in [0.29, 0.717) is 23.0 Å². The van der Waals surface area contributed by atoms with E-state index in [0.717, 1.165) is 42.1 Å². The lowest BCUT2D eigenvalue weighted by Crippen LogP contribution is -2.35. The molecule has 0 unspecified atom stereocenters. The minimum absolute atomic E-state index is 0.256. The van der Waals surface area contributed by atoms with Gasteiger partial charge in [-0.2, -0.15) is 0 Å². The first-order valence-corrected chi connectivity index (χ1v) is 12.7. The Morgan fingerprint density at radius 1 is 0.971 bits per heavy atom. The van der Waals surface area contributed by atoms with Crippen LogP contribution in [-0.2, 0) is 4.74 Å². The molecule has 2 amide bonds. The third kappa shape index (κ3) is 7.07. The average Bonchev–Trinajstić information content (AvgIpc) is 3.35. The maximum Gasteiger partial charge on any atom is 0.412 e. The van der Waals surface area contributed by atoms with Gasteiger partial charge in [0, 0.05) is 22.2 Å². The Labute approximate surface area is 210 Å². The summed E-state index contributed by atoms with van der Waals surface area (Å²) in [6.07, 6.45) is 1.58. The molecule has 2 aromatic carbocycles. The van der Waals surface area contributed by atoms with E-state index >= 15 is 0 Å². The van der Waals surface area contributed by atoms with Crippen LogP contribution in [0.15, 0.2) is 60.0 Å². The standard InChI is InChI=1S/C27H32N4O3S/c1-27(2,3)34-26(33)31-22-11-8-19(24-5-4-16-35-24)17-23(22)30-25(32)18-6-9-20(10-7-18)29-21-12-14-28-15-13-21/h4-11,16-17,21,28-29H,12-15H2,1-3H3,(H,30,32)(H,31,33). The first-order chi connectivity index (χ1) is 16.8. The molecular weight excluding hydrogens is 460 g/mol. The maximum atomic E-state index is 13.1. The van der Waals surface area contributed by atoms with Crippen LogP contribution in [0.1, 0.15) is 44.0 Å². The fraction of sp³-hybridized carbons (Fsp3) is 0.333. The fourth-order valence-corrected chi connectivity index (χ4v) is 4.60. The van der Waals surface area contributed by atoms with E-state index in [-0.39, 0.29) is 5.91 Å². The molecule has 35 heavy (non-hydrogen) atoms. The molecule has 8 heteroatoms. The summed E-state index contributed by atoms with van der Waals surface area (Å²) in [6, 6.07) is 17.5. The predicted octanol–water partition coefficient (Wildman–Crippen LogP) is 6.18. The highest BCUT2D eigenvalue weighted by molar-refractivity contribution is 7.13. The number of carbonyl (C=O) groups is 2. The lowest BCUT2D eigenvalue weighted by molar-refractivity contribution is 0.0635. The summed E-state index contributed by atoms with van der Waals surface area (Å²) in [5.74, 6) is -0.256. The Hall–Kier alpha value is -3.36. The minimum Gasteiger partial charge on any atom is -0.444 e. The van der Waals surface area contributed by atoms with E-state index in [2.05, 4.69) is 21.3 Å². The third-order valence-corrected chi connectivity index (χ3v) is 6.49. The summed E-state index contributed by atoms with van der Waals surface area (Å²) in [5, 5.41) is 14.6. The van der Waals surface area contributed by atoms with Gasteiger partial charge in [0.25, 0.3) is 5.91 Å². The van der Waals surface area contributed by atoms with Gasteiger partial charge in [-0.3, -0.25) is 10.1 Å². The van der Waals surface area contributed by atoms with Crippen LogP contribution in [0, 0.1) is 0 Å². The third-order valence-electron chi connectivity index (χ3n) is 5.57. The van der Waals surface area contributed by atoms with Crippen molar-refractivity contribution in [2.45, 2.75) is 45.3 Å². The molecule has 0 aliphatic carbocycles. The van der Waals surface area contributed by atoms with Gasteiger partial charge in [-0.05, 0) is 100 Å². The van der Waals surface area contributed by atoms with E-state index in [1.54, 1.807) is 38.2 Å². The minimum atomic E-state index is -0.631. The number of piperidine rings is 1. The van der Waals surface area contributed by atoms with E-state index in [9.17, 15) is 9.59 Å². The monoisotopic (exact) mass is 492 g/mol. The summed E-state index contributed by atoms with van der Waals surface area (Å²) in [7, 11) is 0. The van der Waals surface area contributed by atoms with Gasteiger partial charge >= 0.3 is 6.09 Å². The van der Waals surface area contributed by atoms with Crippen molar-refractivity contribution in [1.29, 1.82) is 0 Å². The molecule has 1 aliphatic heterocycles. The van der Waals surface area contributed by atoms with Crippen molar-refractivity contribution in [2.24, 2.45) is 0 Å². The first kappa shape index (κ1) is 24.8. The Morgan fingerprint density at radius 3 is 2.37 bits per heavy atom. The number of rotatable bonds is 6. The van der Waals surface area contributed by atoms with E-state index < -0.39 is 11.7 Å². The van der Waals surface area contributed by atoms with Gasteiger partial charge in [-0.25, -0.2) is 4.79 Å². The fourth-order valence-electron chi connectivity index (χ4n) is 3.88. The number of hydrogen-bond donors (Lipinski definition) is 4. The summed E-state index contributed by atoms with van der Waals surface area (Å²) < 4.78 is 5.39. The molecule has 4 N–H and O–H groups in total. The van der Waals surface area contributed by atoms with Crippen molar-refractivity contribution in [2.75, 3.05) is 29.0 Å². The lowest BCUT2D eigenvalue weighted by atomic mass is 10.1. The second-order valence-corrected chi connectivity index (χ2v) is 10.5. The number of nitrogens with one attached hydrogen (secondary N) is 4. The van der Waals surface area contributed by atoms with Crippen LogP contribution in [0.2, 0.25) is 0 Å². The smallest absolute Gasteiger partial charge is 0.412 e. The first-order valence-electron chi connectivity index (χ1n) is 11.8. The topological polar surface area (TPSA) is 91.5 Å². The summed E-state index contributed by atoms with van der Waals surface area (Å²) in [5.41, 5.74) is 2.83. The predicted molar refractivity (Wildman–Crippen MR) is 144 cm³/mol. The van der Waals surface area contributed by atoms with Crippen LogP contribution >= 0.6 is 11.3 Å². The van der Waals surface area contributed by atoms with Gasteiger partial charge in [-0.1, -0.05) is 12.1 Å².